The topological polar surface area (TPSA) is 41.5 Å². The van der Waals surface area contributed by atoms with Gasteiger partial charge in [-0.15, -0.1) is 0 Å². The van der Waals surface area contributed by atoms with Gasteiger partial charge in [-0.3, -0.25) is 0 Å². The summed E-state index contributed by atoms with van der Waals surface area (Å²) in [5.74, 6) is 0.168. The van der Waals surface area contributed by atoms with Crippen molar-refractivity contribution in [1.82, 2.24) is 5.32 Å². The molecule has 1 aliphatic rings. The van der Waals surface area contributed by atoms with E-state index in [2.05, 4.69) is 26.0 Å². The molecule has 1 fully saturated rings. The molecule has 1 aliphatic carbocycles. The monoisotopic (exact) mass is 349 g/mol. The van der Waals surface area contributed by atoms with Gasteiger partial charge in [0.15, 0.2) is 0 Å². The highest BCUT2D eigenvalue weighted by molar-refractivity contribution is 9.10. The molecule has 1 saturated carbocycles. The zero-order valence-electron chi connectivity index (χ0n) is 11.0. The number of hydrogen-bond donors (Lipinski definition) is 2. The third kappa shape index (κ3) is 4.40. The number of alkyl halides is 2. The first-order valence-corrected chi connectivity index (χ1v) is 7.50. The number of rotatable bonds is 5. The van der Waals surface area contributed by atoms with Crippen molar-refractivity contribution in [3.05, 3.63) is 28.2 Å². The third-order valence-corrected chi connectivity index (χ3v) is 4.02. The van der Waals surface area contributed by atoms with Crippen LogP contribution in [0.5, 0.6) is 5.75 Å². The summed E-state index contributed by atoms with van der Waals surface area (Å²) in [6.45, 7) is -2.45. The smallest absolute Gasteiger partial charge is 0.387 e. The van der Waals surface area contributed by atoms with Crippen LogP contribution < -0.4 is 10.1 Å². The molecule has 20 heavy (non-hydrogen) atoms. The Bertz CT molecular complexity index is 445. The van der Waals surface area contributed by atoms with Crippen LogP contribution >= 0.6 is 15.9 Å². The van der Waals surface area contributed by atoms with E-state index in [0.29, 0.717) is 12.1 Å². The molecule has 2 atom stereocenters. The van der Waals surface area contributed by atoms with E-state index in [1.807, 2.05) is 0 Å². The molecule has 6 heteroatoms. The lowest BCUT2D eigenvalue weighted by atomic mass is 9.92. The van der Waals surface area contributed by atoms with Gasteiger partial charge >= 0.3 is 6.61 Å². The number of aliphatic hydroxyl groups is 1. The second-order valence-corrected chi connectivity index (χ2v) is 5.89. The van der Waals surface area contributed by atoms with E-state index in [4.69, 9.17) is 0 Å². The number of halogens is 3. The zero-order valence-corrected chi connectivity index (χ0v) is 12.6. The minimum absolute atomic E-state index is 0.0159. The fourth-order valence-corrected chi connectivity index (χ4v) is 2.90. The maximum atomic E-state index is 12.4. The van der Waals surface area contributed by atoms with Crippen molar-refractivity contribution < 1.29 is 18.6 Å². The normalized spacial score (nSPS) is 23.1. The summed E-state index contributed by atoms with van der Waals surface area (Å²) in [6, 6.07) is 4.95. The van der Waals surface area contributed by atoms with Gasteiger partial charge in [-0.2, -0.15) is 8.78 Å². The standard InChI is InChI=1S/C14H18BrF2NO2/c15-10-5-6-13(20-14(16)17)9(7-10)8-18-11-3-1-2-4-12(11)19/h5-7,11-12,14,18-19H,1-4,8H2. The Morgan fingerprint density at radius 1 is 1.35 bits per heavy atom. The van der Waals surface area contributed by atoms with Crippen molar-refractivity contribution in [2.75, 3.05) is 0 Å². The Morgan fingerprint density at radius 2 is 2.10 bits per heavy atom. The van der Waals surface area contributed by atoms with Crippen LogP contribution in [0, 0.1) is 0 Å². The number of nitrogens with one attached hydrogen (secondary N) is 1. The predicted octanol–water partition coefficient (Wildman–Crippen LogP) is 3.44. The molecule has 0 amide bonds. The van der Waals surface area contributed by atoms with E-state index >= 15 is 0 Å². The first kappa shape index (κ1) is 15.7. The average molecular weight is 350 g/mol. The molecule has 1 aromatic rings. The van der Waals surface area contributed by atoms with Crippen LogP contribution in [0.1, 0.15) is 31.2 Å². The highest BCUT2D eigenvalue weighted by atomic mass is 79.9. The van der Waals surface area contributed by atoms with E-state index in [-0.39, 0.29) is 17.9 Å². The molecule has 0 aliphatic heterocycles. The number of benzene rings is 1. The largest absolute Gasteiger partial charge is 0.434 e. The van der Waals surface area contributed by atoms with Crippen molar-refractivity contribution in [1.29, 1.82) is 0 Å². The van der Waals surface area contributed by atoms with E-state index in [0.717, 1.165) is 30.2 Å². The van der Waals surface area contributed by atoms with Gasteiger partial charge in [0, 0.05) is 22.6 Å². The predicted molar refractivity (Wildman–Crippen MR) is 75.9 cm³/mol. The fourth-order valence-electron chi connectivity index (χ4n) is 2.49. The molecule has 2 rings (SSSR count). The lowest BCUT2D eigenvalue weighted by Crippen LogP contribution is -2.41. The average Bonchev–Trinajstić information content (AvgIpc) is 2.40. The maximum Gasteiger partial charge on any atom is 0.387 e. The summed E-state index contributed by atoms with van der Waals surface area (Å²) < 4.78 is 30.0. The summed E-state index contributed by atoms with van der Waals surface area (Å²) in [5, 5.41) is 13.1. The quantitative estimate of drug-likeness (QED) is 0.855. The minimum Gasteiger partial charge on any atom is -0.434 e. The molecule has 2 unspecified atom stereocenters. The van der Waals surface area contributed by atoms with Crippen molar-refractivity contribution in [3.8, 4) is 5.75 Å². The number of hydrogen-bond acceptors (Lipinski definition) is 3. The first-order valence-electron chi connectivity index (χ1n) is 6.71. The molecule has 0 saturated heterocycles. The van der Waals surface area contributed by atoms with Crippen molar-refractivity contribution >= 4 is 15.9 Å². The summed E-state index contributed by atoms with van der Waals surface area (Å²) in [7, 11) is 0. The van der Waals surface area contributed by atoms with Crippen molar-refractivity contribution in [2.24, 2.45) is 0 Å². The lowest BCUT2D eigenvalue weighted by molar-refractivity contribution is -0.0505. The second kappa shape index (κ2) is 7.33. The molecular formula is C14H18BrF2NO2. The molecule has 1 aromatic carbocycles. The number of aliphatic hydroxyl groups excluding tert-OH is 1. The molecule has 0 radical (unpaired) electrons. The highest BCUT2D eigenvalue weighted by Crippen LogP contribution is 2.26. The summed E-state index contributed by atoms with van der Waals surface area (Å²) in [5.41, 5.74) is 0.650. The molecule has 0 heterocycles. The van der Waals surface area contributed by atoms with E-state index in [9.17, 15) is 13.9 Å². The molecule has 0 spiro atoms. The SMILES string of the molecule is OC1CCCCC1NCc1cc(Br)ccc1OC(F)F. The first-order chi connectivity index (χ1) is 9.56. The maximum absolute atomic E-state index is 12.4. The molecule has 0 bridgehead atoms. The molecule has 3 nitrogen and oxygen atoms in total. The Labute approximate surface area is 125 Å². The van der Waals surface area contributed by atoms with E-state index < -0.39 is 6.61 Å². The van der Waals surface area contributed by atoms with Crippen LogP contribution in [-0.4, -0.2) is 23.9 Å². The van der Waals surface area contributed by atoms with Gasteiger partial charge in [0.05, 0.1) is 6.10 Å². The van der Waals surface area contributed by atoms with Crippen LogP contribution in [0.25, 0.3) is 0 Å². The van der Waals surface area contributed by atoms with Crippen molar-refractivity contribution in [3.63, 3.8) is 0 Å². The Balaban J connectivity index is 2.01. The van der Waals surface area contributed by atoms with Crippen LogP contribution in [0.2, 0.25) is 0 Å². The Morgan fingerprint density at radius 3 is 2.80 bits per heavy atom. The van der Waals surface area contributed by atoms with Crippen LogP contribution in [0.3, 0.4) is 0 Å². The highest BCUT2D eigenvalue weighted by Gasteiger charge is 2.22. The molecule has 2 N–H and O–H groups in total. The van der Waals surface area contributed by atoms with Crippen molar-refractivity contribution in [2.45, 2.75) is 51.0 Å². The Hall–Kier alpha value is -0.720. The second-order valence-electron chi connectivity index (χ2n) is 4.97. The van der Waals surface area contributed by atoms with Gasteiger partial charge in [0.2, 0.25) is 0 Å². The van der Waals surface area contributed by atoms with E-state index in [1.54, 1.807) is 12.1 Å². The Kier molecular flexibility index (Phi) is 5.74. The van der Waals surface area contributed by atoms with Gasteiger partial charge in [-0.05, 0) is 31.0 Å². The van der Waals surface area contributed by atoms with Gasteiger partial charge in [-0.1, -0.05) is 28.8 Å². The van der Waals surface area contributed by atoms with Gasteiger partial charge in [0.1, 0.15) is 5.75 Å². The summed E-state index contributed by atoms with van der Waals surface area (Å²) in [6.07, 6.45) is 3.44. The molecular weight excluding hydrogens is 332 g/mol. The molecule has 0 aromatic heterocycles. The van der Waals surface area contributed by atoms with Gasteiger partial charge in [0.25, 0.3) is 0 Å². The van der Waals surface area contributed by atoms with Crippen LogP contribution in [0.15, 0.2) is 22.7 Å². The lowest BCUT2D eigenvalue weighted by Gasteiger charge is -2.28. The third-order valence-electron chi connectivity index (χ3n) is 3.52. The molecule has 112 valence electrons. The van der Waals surface area contributed by atoms with Crippen LogP contribution in [0.4, 0.5) is 8.78 Å². The fraction of sp³-hybridized carbons (Fsp3) is 0.571. The minimum atomic E-state index is -2.84. The van der Waals surface area contributed by atoms with Gasteiger partial charge < -0.3 is 15.2 Å². The summed E-state index contributed by atoms with van der Waals surface area (Å²) >= 11 is 3.32. The zero-order chi connectivity index (χ0) is 14.5. The number of ether oxygens (including phenoxy) is 1. The van der Waals surface area contributed by atoms with Crippen LogP contribution in [-0.2, 0) is 6.54 Å². The summed E-state index contributed by atoms with van der Waals surface area (Å²) in [4.78, 5) is 0. The van der Waals surface area contributed by atoms with Gasteiger partial charge in [-0.25, -0.2) is 0 Å². The van der Waals surface area contributed by atoms with E-state index in [1.165, 1.54) is 6.07 Å².